The molecule has 5 heteroatoms. The zero-order valence-corrected chi connectivity index (χ0v) is 16.0. The van der Waals surface area contributed by atoms with Crippen molar-refractivity contribution in [3.8, 4) is 0 Å². The van der Waals surface area contributed by atoms with Gasteiger partial charge in [-0.15, -0.1) is 0 Å². The van der Waals surface area contributed by atoms with Crippen molar-refractivity contribution >= 4 is 10.1 Å². The molecule has 0 aromatic heterocycles. The summed E-state index contributed by atoms with van der Waals surface area (Å²) in [5.74, 6) is 0. The highest BCUT2D eigenvalue weighted by atomic mass is 32.2. The lowest BCUT2D eigenvalue weighted by atomic mass is 10.0. The Morgan fingerprint density at radius 3 is 1.65 bits per heavy atom. The van der Waals surface area contributed by atoms with Gasteiger partial charge >= 0.3 is 0 Å². The molecule has 23 heavy (non-hydrogen) atoms. The molecule has 2 atom stereocenters. The van der Waals surface area contributed by atoms with Gasteiger partial charge < -0.3 is 5.11 Å². The molecule has 0 amide bonds. The Labute approximate surface area is 143 Å². The fourth-order valence-electron chi connectivity index (χ4n) is 3.00. The first kappa shape index (κ1) is 22.9. The van der Waals surface area contributed by atoms with Crippen molar-refractivity contribution < 1.29 is 18.1 Å². The SMILES string of the molecule is CCCCCCC(CCCCCCCC(O)CCC)S(=O)(=O)O. The largest absolute Gasteiger partial charge is 0.393 e. The van der Waals surface area contributed by atoms with Crippen molar-refractivity contribution in [2.45, 2.75) is 115 Å². The normalized spacial score (nSPS) is 14.8. The Hall–Kier alpha value is -0.130. The molecule has 0 aromatic rings. The summed E-state index contributed by atoms with van der Waals surface area (Å²) in [5.41, 5.74) is 0. The summed E-state index contributed by atoms with van der Waals surface area (Å²) in [4.78, 5) is 0. The van der Waals surface area contributed by atoms with Crippen LogP contribution in [0.25, 0.3) is 0 Å². The van der Waals surface area contributed by atoms with Crippen LogP contribution in [0.1, 0.15) is 104 Å². The second-order valence-corrected chi connectivity index (χ2v) is 8.47. The van der Waals surface area contributed by atoms with Gasteiger partial charge in [0.2, 0.25) is 0 Å². The van der Waals surface area contributed by atoms with Gasteiger partial charge in [0.05, 0.1) is 11.4 Å². The van der Waals surface area contributed by atoms with Gasteiger partial charge in [-0.2, -0.15) is 8.42 Å². The highest BCUT2D eigenvalue weighted by molar-refractivity contribution is 7.86. The summed E-state index contributed by atoms with van der Waals surface area (Å²) in [7, 11) is -3.90. The van der Waals surface area contributed by atoms with Crippen LogP contribution >= 0.6 is 0 Å². The summed E-state index contributed by atoms with van der Waals surface area (Å²) >= 11 is 0. The summed E-state index contributed by atoms with van der Waals surface area (Å²) in [6.45, 7) is 4.21. The van der Waals surface area contributed by atoms with Crippen molar-refractivity contribution in [3.63, 3.8) is 0 Å². The number of rotatable bonds is 16. The molecule has 0 aliphatic rings. The second-order valence-electron chi connectivity index (χ2n) is 6.77. The molecule has 4 nitrogen and oxygen atoms in total. The Balaban J connectivity index is 3.75. The summed E-state index contributed by atoms with van der Waals surface area (Å²) in [5, 5.41) is 9.06. The molecule has 0 bridgehead atoms. The number of aliphatic hydroxyl groups excluding tert-OH is 1. The summed E-state index contributed by atoms with van der Waals surface area (Å²) in [6.07, 6.45) is 13.0. The highest BCUT2D eigenvalue weighted by Gasteiger charge is 2.21. The molecule has 0 aliphatic carbocycles. The Bertz CT molecular complexity index is 354. The smallest absolute Gasteiger partial charge is 0.267 e. The lowest BCUT2D eigenvalue weighted by Gasteiger charge is -2.13. The molecule has 140 valence electrons. The molecule has 0 rings (SSSR count). The third kappa shape index (κ3) is 14.0. The van der Waals surface area contributed by atoms with Gasteiger partial charge in [0.25, 0.3) is 10.1 Å². The molecular formula is C18H38O4S. The predicted molar refractivity (Wildman–Crippen MR) is 97.3 cm³/mol. The quantitative estimate of drug-likeness (QED) is 0.300. The average molecular weight is 351 g/mol. The molecule has 0 heterocycles. The average Bonchev–Trinajstić information content (AvgIpc) is 2.47. The van der Waals surface area contributed by atoms with Crippen LogP contribution in [0.2, 0.25) is 0 Å². The predicted octanol–water partition coefficient (Wildman–Crippen LogP) is 5.10. The number of hydrogen-bond acceptors (Lipinski definition) is 3. The van der Waals surface area contributed by atoms with Crippen LogP contribution < -0.4 is 0 Å². The standard InChI is InChI=1S/C18H38O4S/c1-3-5-6-11-15-18(23(20,21)22)16-12-9-7-8-10-14-17(19)13-4-2/h17-19H,3-16H2,1-2H3,(H,20,21,22). The maximum atomic E-state index is 11.4. The zero-order chi connectivity index (χ0) is 17.6. The molecule has 0 radical (unpaired) electrons. The van der Waals surface area contributed by atoms with E-state index in [4.69, 9.17) is 0 Å². The van der Waals surface area contributed by atoms with Gasteiger partial charge in [0.15, 0.2) is 0 Å². The molecule has 0 saturated heterocycles. The molecule has 2 unspecified atom stereocenters. The van der Waals surface area contributed by atoms with Gasteiger partial charge in [-0.05, 0) is 25.7 Å². The maximum absolute atomic E-state index is 11.4. The molecule has 0 spiro atoms. The third-order valence-electron chi connectivity index (χ3n) is 4.49. The molecule has 0 aromatic carbocycles. The topological polar surface area (TPSA) is 74.6 Å². The summed E-state index contributed by atoms with van der Waals surface area (Å²) in [6, 6.07) is 0. The first-order valence-corrected chi connectivity index (χ1v) is 11.1. The highest BCUT2D eigenvalue weighted by Crippen LogP contribution is 2.19. The van der Waals surface area contributed by atoms with Crippen molar-refractivity contribution in [2.75, 3.05) is 0 Å². The Morgan fingerprint density at radius 1 is 0.696 bits per heavy atom. The molecule has 0 saturated carbocycles. The van der Waals surface area contributed by atoms with E-state index in [0.29, 0.717) is 12.8 Å². The number of unbranched alkanes of at least 4 members (excludes halogenated alkanes) is 7. The van der Waals surface area contributed by atoms with Crippen molar-refractivity contribution in [3.05, 3.63) is 0 Å². The van der Waals surface area contributed by atoms with E-state index >= 15 is 0 Å². The zero-order valence-electron chi connectivity index (χ0n) is 15.2. The molecule has 2 N–H and O–H groups in total. The van der Waals surface area contributed by atoms with Gasteiger partial charge in [0.1, 0.15) is 0 Å². The molecular weight excluding hydrogens is 312 g/mol. The van der Waals surface area contributed by atoms with E-state index in [1.165, 1.54) is 0 Å². The van der Waals surface area contributed by atoms with Gasteiger partial charge in [-0.1, -0.05) is 78.1 Å². The first-order chi connectivity index (χ1) is 10.9. The lowest BCUT2D eigenvalue weighted by molar-refractivity contribution is 0.150. The van der Waals surface area contributed by atoms with E-state index in [-0.39, 0.29) is 6.10 Å². The minimum absolute atomic E-state index is 0.160. The van der Waals surface area contributed by atoms with Crippen LogP contribution in [0.5, 0.6) is 0 Å². The number of hydrogen-bond donors (Lipinski definition) is 2. The summed E-state index contributed by atoms with van der Waals surface area (Å²) < 4.78 is 32.2. The van der Waals surface area contributed by atoms with Gasteiger partial charge in [0, 0.05) is 0 Å². The van der Waals surface area contributed by atoms with E-state index in [1.807, 2.05) is 0 Å². The Morgan fingerprint density at radius 2 is 1.17 bits per heavy atom. The van der Waals surface area contributed by atoms with E-state index in [9.17, 15) is 18.1 Å². The minimum atomic E-state index is -3.90. The monoisotopic (exact) mass is 350 g/mol. The van der Waals surface area contributed by atoms with Gasteiger partial charge in [-0.25, -0.2) is 0 Å². The van der Waals surface area contributed by atoms with Crippen LogP contribution in [0.15, 0.2) is 0 Å². The maximum Gasteiger partial charge on any atom is 0.267 e. The van der Waals surface area contributed by atoms with Crippen LogP contribution in [0.3, 0.4) is 0 Å². The molecule has 0 aliphatic heterocycles. The Kier molecular flexibility index (Phi) is 14.2. The van der Waals surface area contributed by atoms with E-state index in [0.717, 1.165) is 77.0 Å². The minimum Gasteiger partial charge on any atom is -0.393 e. The molecule has 0 fully saturated rings. The van der Waals surface area contributed by atoms with Crippen molar-refractivity contribution in [1.29, 1.82) is 0 Å². The van der Waals surface area contributed by atoms with Crippen LogP contribution in [0.4, 0.5) is 0 Å². The van der Waals surface area contributed by atoms with Crippen molar-refractivity contribution in [2.24, 2.45) is 0 Å². The fraction of sp³-hybridized carbons (Fsp3) is 1.00. The van der Waals surface area contributed by atoms with Crippen LogP contribution in [0, 0.1) is 0 Å². The van der Waals surface area contributed by atoms with E-state index < -0.39 is 15.4 Å². The van der Waals surface area contributed by atoms with Crippen LogP contribution in [-0.2, 0) is 10.1 Å². The third-order valence-corrected chi connectivity index (χ3v) is 5.80. The van der Waals surface area contributed by atoms with E-state index in [1.54, 1.807) is 0 Å². The fourth-order valence-corrected chi connectivity index (χ4v) is 3.93. The van der Waals surface area contributed by atoms with Crippen molar-refractivity contribution in [1.82, 2.24) is 0 Å². The van der Waals surface area contributed by atoms with Crippen LogP contribution in [-0.4, -0.2) is 29.4 Å². The number of aliphatic hydroxyl groups is 1. The van der Waals surface area contributed by atoms with E-state index in [2.05, 4.69) is 13.8 Å². The lowest BCUT2D eigenvalue weighted by Crippen LogP contribution is -2.20. The van der Waals surface area contributed by atoms with Gasteiger partial charge in [-0.3, -0.25) is 4.55 Å². The first-order valence-electron chi connectivity index (χ1n) is 9.56. The second kappa shape index (κ2) is 14.2.